The van der Waals surface area contributed by atoms with Crippen LogP contribution in [0.5, 0.6) is 11.8 Å². The predicted molar refractivity (Wildman–Crippen MR) is 102 cm³/mol. The predicted octanol–water partition coefficient (Wildman–Crippen LogP) is 3.46. The number of rotatable bonds is 6. The van der Waals surface area contributed by atoms with Gasteiger partial charge in [0.1, 0.15) is 11.0 Å². The van der Waals surface area contributed by atoms with Crippen LogP contribution in [0.4, 0.5) is 0 Å². The van der Waals surface area contributed by atoms with E-state index in [1.807, 2.05) is 0 Å². The third-order valence-electron chi connectivity index (χ3n) is 4.28. The number of nitrogens with zero attached hydrogens (tertiary/aromatic N) is 2. The molecule has 146 valence electrons. The highest BCUT2D eigenvalue weighted by molar-refractivity contribution is 7.89. The highest BCUT2D eigenvalue weighted by atomic mass is 35.5. The summed E-state index contributed by atoms with van der Waals surface area (Å²) < 4.78 is 38.9. The number of halogens is 2. The van der Waals surface area contributed by atoms with Gasteiger partial charge in [-0.25, -0.2) is 23.1 Å². The molecule has 27 heavy (non-hydrogen) atoms. The minimum atomic E-state index is -3.75. The van der Waals surface area contributed by atoms with E-state index in [0.717, 1.165) is 0 Å². The molecule has 7 nitrogen and oxygen atoms in total. The number of sulfonamides is 1. The lowest BCUT2D eigenvalue weighted by Crippen LogP contribution is -2.39. The van der Waals surface area contributed by atoms with Gasteiger partial charge in [0.2, 0.25) is 10.0 Å². The van der Waals surface area contributed by atoms with Crippen LogP contribution in [-0.4, -0.2) is 37.6 Å². The van der Waals surface area contributed by atoms with E-state index in [2.05, 4.69) is 14.7 Å². The minimum Gasteiger partial charge on any atom is -0.477 e. The Hall–Kier alpha value is -1.61. The molecule has 1 heterocycles. The van der Waals surface area contributed by atoms with Gasteiger partial charge in [-0.3, -0.25) is 0 Å². The molecule has 0 saturated heterocycles. The van der Waals surface area contributed by atoms with Crippen molar-refractivity contribution in [2.75, 3.05) is 7.11 Å². The number of aromatic nitrogens is 2. The molecule has 1 N–H and O–H groups in total. The van der Waals surface area contributed by atoms with E-state index >= 15 is 0 Å². The molecular weight excluding hydrogens is 413 g/mol. The van der Waals surface area contributed by atoms with Crippen LogP contribution < -0.4 is 14.2 Å². The molecule has 0 spiro atoms. The molecule has 1 aliphatic carbocycles. The Kier molecular flexibility index (Phi) is 6.41. The van der Waals surface area contributed by atoms with E-state index in [-0.39, 0.29) is 22.1 Å². The zero-order valence-electron chi connectivity index (χ0n) is 14.6. The van der Waals surface area contributed by atoms with Gasteiger partial charge in [0, 0.05) is 23.5 Å². The van der Waals surface area contributed by atoms with Gasteiger partial charge in [-0.05, 0) is 43.9 Å². The molecule has 10 heteroatoms. The fourth-order valence-corrected chi connectivity index (χ4v) is 5.02. The average Bonchev–Trinajstić information content (AvgIpc) is 2.65. The molecule has 0 atom stereocenters. The Morgan fingerprint density at radius 2 is 1.74 bits per heavy atom. The number of benzene rings is 1. The van der Waals surface area contributed by atoms with Crippen LogP contribution in [0.15, 0.2) is 35.5 Å². The normalized spacial score (nSPS) is 20.3. The standard InChI is InChI=1S/C17H19Cl2N3O4S/c1-25-16-17(21-9-8-20-16)26-13-5-3-12(4-6-13)22-27(23,24)15-10-11(18)2-7-14(15)19/h2,7-10,12-13,22H,3-6H2,1H3. The largest absolute Gasteiger partial charge is 0.477 e. The summed E-state index contributed by atoms with van der Waals surface area (Å²) in [6.45, 7) is 0. The molecule has 0 aliphatic heterocycles. The van der Waals surface area contributed by atoms with Gasteiger partial charge < -0.3 is 9.47 Å². The van der Waals surface area contributed by atoms with Crippen molar-refractivity contribution in [3.63, 3.8) is 0 Å². The molecule has 3 rings (SSSR count). The van der Waals surface area contributed by atoms with Crippen LogP contribution in [0.25, 0.3) is 0 Å². The molecule has 1 aliphatic rings. The van der Waals surface area contributed by atoms with Crippen LogP contribution in [-0.2, 0) is 10.0 Å². The fourth-order valence-electron chi connectivity index (χ4n) is 2.96. The maximum Gasteiger partial charge on any atom is 0.278 e. The summed E-state index contributed by atoms with van der Waals surface area (Å²) in [6, 6.07) is 4.17. The van der Waals surface area contributed by atoms with Gasteiger partial charge in [0.05, 0.1) is 12.1 Å². The summed E-state index contributed by atoms with van der Waals surface area (Å²) in [5.74, 6) is 0.672. The van der Waals surface area contributed by atoms with Crippen molar-refractivity contribution in [1.29, 1.82) is 0 Å². The summed E-state index contributed by atoms with van der Waals surface area (Å²) in [5, 5.41) is 0.452. The highest BCUT2D eigenvalue weighted by Gasteiger charge is 2.28. The Bertz CT molecular complexity index is 903. The fraction of sp³-hybridized carbons (Fsp3) is 0.412. The molecular formula is C17H19Cl2N3O4S. The highest BCUT2D eigenvalue weighted by Crippen LogP contribution is 2.29. The van der Waals surface area contributed by atoms with Gasteiger partial charge in [0.25, 0.3) is 11.8 Å². The van der Waals surface area contributed by atoms with Crippen molar-refractivity contribution in [2.45, 2.75) is 42.7 Å². The number of hydrogen-bond acceptors (Lipinski definition) is 6. The van der Waals surface area contributed by atoms with E-state index in [0.29, 0.717) is 42.5 Å². The van der Waals surface area contributed by atoms with Crippen LogP contribution in [0.1, 0.15) is 25.7 Å². The second-order valence-electron chi connectivity index (χ2n) is 6.16. The van der Waals surface area contributed by atoms with Crippen molar-refractivity contribution < 1.29 is 17.9 Å². The second kappa shape index (κ2) is 8.60. The van der Waals surface area contributed by atoms with E-state index in [4.69, 9.17) is 32.7 Å². The molecule has 1 aromatic carbocycles. The summed E-state index contributed by atoms with van der Waals surface area (Å²) in [7, 11) is -2.25. The Morgan fingerprint density at radius 3 is 2.41 bits per heavy atom. The van der Waals surface area contributed by atoms with Crippen molar-refractivity contribution in [2.24, 2.45) is 0 Å². The first-order valence-corrected chi connectivity index (χ1v) is 10.6. The molecule has 0 bridgehead atoms. The first kappa shape index (κ1) is 20.1. The second-order valence-corrected chi connectivity index (χ2v) is 8.68. The number of hydrogen-bond donors (Lipinski definition) is 1. The van der Waals surface area contributed by atoms with Crippen molar-refractivity contribution in [3.8, 4) is 11.8 Å². The van der Waals surface area contributed by atoms with Crippen molar-refractivity contribution >= 4 is 33.2 Å². The van der Waals surface area contributed by atoms with Crippen LogP contribution in [0.2, 0.25) is 10.0 Å². The number of methoxy groups -OCH3 is 1. The Labute approximate surface area is 168 Å². The van der Waals surface area contributed by atoms with Crippen LogP contribution in [0, 0.1) is 0 Å². The molecule has 0 unspecified atom stereocenters. The SMILES string of the molecule is COc1nccnc1OC1CCC(NS(=O)(=O)c2cc(Cl)ccc2Cl)CC1. The number of nitrogens with one attached hydrogen (secondary N) is 1. The van der Waals surface area contributed by atoms with E-state index in [9.17, 15) is 8.42 Å². The summed E-state index contributed by atoms with van der Waals surface area (Å²) in [4.78, 5) is 8.17. The lowest BCUT2D eigenvalue weighted by molar-refractivity contribution is 0.132. The maximum absolute atomic E-state index is 12.6. The van der Waals surface area contributed by atoms with Gasteiger partial charge >= 0.3 is 0 Å². The first-order valence-electron chi connectivity index (χ1n) is 8.38. The van der Waals surface area contributed by atoms with Gasteiger partial charge in [-0.15, -0.1) is 0 Å². The molecule has 1 aromatic heterocycles. The topological polar surface area (TPSA) is 90.4 Å². The van der Waals surface area contributed by atoms with Gasteiger partial charge in [-0.2, -0.15) is 0 Å². The Balaban J connectivity index is 1.60. The van der Waals surface area contributed by atoms with Crippen LogP contribution in [0.3, 0.4) is 0 Å². The quantitative estimate of drug-likeness (QED) is 0.752. The first-order chi connectivity index (χ1) is 12.9. The molecule has 0 radical (unpaired) electrons. The molecule has 2 aromatic rings. The lowest BCUT2D eigenvalue weighted by atomic mass is 9.94. The number of ether oxygens (including phenoxy) is 2. The monoisotopic (exact) mass is 431 g/mol. The van der Waals surface area contributed by atoms with Gasteiger partial charge in [0.15, 0.2) is 0 Å². The van der Waals surface area contributed by atoms with E-state index < -0.39 is 10.0 Å². The van der Waals surface area contributed by atoms with Gasteiger partial charge in [-0.1, -0.05) is 23.2 Å². The van der Waals surface area contributed by atoms with E-state index in [1.54, 1.807) is 6.07 Å². The van der Waals surface area contributed by atoms with Crippen molar-refractivity contribution in [1.82, 2.24) is 14.7 Å². The van der Waals surface area contributed by atoms with Crippen LogP contribution >= 0.6 is 23.2 Å². The minimum absolute atomic E-state index is 0.0145. The Morgan fingerprint density at radius 1 is 1.07 bits per heavy atom. The molecule has 1 fully saturated rings. The van der Waals surface area contributed by atoms with E-state index in [1.165, 1.54) is 31.6 Å². The third-order valence-corrected chi connectivity index (χ3v) is 6.52. The molecule has 0 amide bonds. The summed E-state index contributed by atoms with van der Waals surface area (Å²) in [5.41, 5.74) is 0. The maximum atomic E-state index is 12.6. The van der Waals surface area contributed by atoms with Crippen molar-refractivity contribution in [3.05, 3.63) is 40.6 Å². The summed E-state index contributed by atoms with van der Waals surface area (Å²) >= 11 is 11.9. The average molecular weight is 432 g/mol. The summed E-state index contributed by atoms with van der Waals surface area (Å²) in [6.07, 6.45) is 5.60. The third kappa shape index (κ3) is 5.01. The zero-order valence-corrected chi connectivity index (χ0v) is 16.9. The smallest absolute Gasteiger partial charge is 0.278 e. The zero-order chi connectivity index (χ0) is 19.4. The lowest BCUT2D eigenvalue weighted by Gasteiger charge is -2.29. The molecule has 1 saturated carbocycles.